The van der Waals surface area contributed by atoms with Gasteiger partial charge in [-0.05, 0) is 84.8 Å². The first-order valence-electron chi connectivity index (χ1n) is 17.8. The number of hydrogen-bond acceptors (Lipinski definition) is 2. The van der Waals surface area contributed by atoms with Gasteiger partial charge >= 0.3 is 0 Å². The molecule has 0 amide bonds. The molecule has 1 nitrogen and oxygen atoms in total. The average Bonchev–Trinajstić information content (AvgIpc) is 3.79. The number of para-hydroxylation sites is 2. The van der Waals surface area contributed by atoms with Crippen LogP contribution < -0.4 is 0 Å². The van der Waals surface area contributed by atoms with Crippen LogP contribution >= 0.6 is 11.3 Å². The molecule has 2 heterocycles. The average molecular weight is 679 g/mol. The Bertz CT molecular complexity index is 3120. The van der Waals surface area contributed by atoms with E-state index in [-0.39, 0.29) is 0 Å². The summed E-state index contributed by atoms with van der Waals surface area (Å²) in [6, 6.07) is 66.2. The van der Waals surface area contributed by atoms with E-state index >= 15 is 0 Å². The van der Waals surface area contributed by atoms with Crippen molar-refractivity contribution in [3.05, 3.63) is 182 Å². The van der Waals surface area contributed by atoms with Crippen LogP contribution in [-0.2, 0) is 0 Å². The molecule has 11 aromatic rings. The van der Waals surface area contributed by atoms with Crippen LogP contribution in [0.3, 0.4) is 0 Å². The number of furan rings is 1. The summed E-state index contributed by atoms with van der Waals surface area (Å²) in [4.78, 5) is 0. The van der Waals surface area contributed by atoms with E-state index in [2.05, 4.69) is 176 Å². The topological polar surface area (TPSA) is 13.1 Å². The summed E-state index contributed by atoms with van der Waals surface area (Å²) in [5.74, 6) is 0. The van der Waals surface area contributed by atoms with Gasteiger partial charge in [0.25, 0.3) is 0 Å². The van der Waals surface area contributed by atoms with Crippen LogP contribution in [0.25, 0.3) is 108 Å². The summed E-state index contributed by atoms with van der Waals surface area (Å²) in [7, 11) is 0. The van der Waals surface area contributed by atoms with Crippen molar-refractivity contribution in [2.24, 2.45) is 0 Å². The van der Waals surface area contributed by atoms with E-state index in [0.717, 1.165) is 27.5 Å². The summed E-state index contributed by atoms with van der Waals surface area (Å²) in [6.45, 7) is 0. The number of rotatable bonds is 4. The van der Waals surface area contributed by atoms with Crippen LogP contribution in [0.1, 0.15) is 0 Å². The van der Waals surface area contributed by atoms with E-state index < -0.39 is 0 Å². The summed E-state index contributed by atoms with van der Waals surface area (Å²) in [6.07, 6.45) is 0. The SMILES string of the molecule is c1ccc(-c2c3ccccc3c(-c3cccc(-c4c(-c5cccc6c5oc5ccccc56)ccc5sc6ccccc6c45)c3)c3ccccc23)cc1. The molecule has 2 aromatic heterocycles. The molecule has 0 aliphatic carbocycles. The number of thiophene rings is 1. The quantitative estimate of drug-likeness (QED) is 0.169. The van der Waals surface area contributed by atoms with Crippen molar-refractivity contribution < 1.29 is 4.42 Å². The highest BCUT2D eigenvalue weighted by atomic mass is 32.1. The third kappa shape index (κ3) is 4.35. The van der Waals surface area contributed by atoms with Crippen molar-refractivity contribution in [3.8, 4) is 44.5 Å². The Morgan fingerprint density at radius 2 is 0.865 bits per heavy atom. The van der Waals surface area contributed by atoms with E-state index in [1.807, 2.05) is 17.4 Å². The monoisotopic (exact) mass is 678 g/mol. The molecule has 0 saturated carbocycles. The van der Waals surface area contributed by atoms with Crippen LogP contribution in [0.5, 0.6) is 0 Å². The predicted octanol–water partition coefficient (Wildman–Crippen LogP) is 14.9. The maximum atomic E-state index is 6.65. The molecule has 52 heavy (non-hydrogen) atoms. The van der Waals surface area contributed by atoms with Crippen molar-refractivity contribution in [2.75, 3.05) is 0 Å². The molecule has 0 saturated heterocycles. The zero-order chi connectivity index (χ0) is 34.2. The second-order valence-corrected chi connectivity index (χ2v) is 14.6. The van der Waals surface area contributed by atoms with E-state index in [9.17, 15) is 0 Å². The molecule has 0 bridgehead atoms. The highest BCUT2D eigenvalue weighted by molar-refractivity contribution is 7.26. The van der Waals surface area contributed by atoms with E-state index in [1.165, 1.54) is 80.7 Å². The van der Waals surface area contributed by atoms with Gasteiger partial charge in [0, 0.05) is 36.5 Å². The summed E-state index contributed by atoms with van der Waals surface area (Å²) < 4.78 is 9.23. The fourth-order valence-electron chi connectivity index (χ4n) is 8.49. The number of fused-ring (bicyclic) bond motifs is 8. The van der Waals surface area contributed by atoms with Gasteiger partial charge in [0.15, 0.2) is 0 Å². The largest absolute Gasteiger partial charge is 0.455 e. The normalized spacial score (nSPS) is 11.8. The van der Waals surface area contributed by atoms with Crippen LogP contribution in [-0.4, -0.2) is 0 Å². The Kier molecular flexibility index (Phi) is 6.49. The smallest absolute Gasteiger partial charge is 0.143 e. The van der Waals surface area contributed by atoms with Crippen LogP contribution in [0, 0.1) is 0 Å². The second-order valence-electron chi connectivity index (χ2n) is 13.5. The lowest BCUT2D eigenvalue weighted by molar-refractivity contribution is 0.670. The Morgan fingerprint density at radius 3 is 1.60 bits per heavy atom. The third-order valence-corrected chi connectivity index (χ3v) is 11.8. The maximum Gasteiger partial charge on any atom is 0.143 e. The zero-order valence-electron chi connectivity index (χ0n) is 28.1. The van der Waals surface area contributed by atoms with Crippen molar-refractivity contribution in [1.29, 1.82) is 0 Å². The highest BCUT2D eigenvalue weighted by Crippen LogP contribution is 2.49. The predicted molar refractivity (Wildman–Crippen MR) is 223 cm³/mol. The minimum Gasteiger partial charge on any atom is -0.455 e. The molecule has 0 atom stereocenters. The second kappa shape index (κ2) is 11.5. The van der Waals surface area contributed by atoms with Crippen molar-refractivity contribution in [3.63, 3.8) is 0 Å². The minimum absolute atomic E-state index is 0.910. The van der Waals surface area contributed by atoms with Crippen molar-refractivity contribution in [2.45, 2.75) is 0 Å². The molecule has 0 fully saturated rings. The van der Waals surface area contributed by atoms with Gasteiger partial charge < -0.3 is 4.42 Å². The lowest BCUT2D eigenvalue weighted by atomic mass is 9.84. The highest BCUT2D eigenvalue weighted by Gasteiger charge is 2.22. The Hall–Kier alpha value is -6.48. The van der Waals surface area contributed by atoms with Crippen LogP contribution in [0.15, 0.2) is 186 Å². The molecule has 0 N–H and O–H groups in total. The lowest BCUT2D eigenvalue weighted by Gasteiger charge is -2.19. The first kappa shape index (κ1) is 29.3. The molecule has 2 heteroatoms. The molecule has 11 rings (SSSR count). The van der Waals surface area contributed by atoms with Gasteiger partial charge in [-0.25, -0.2) is 0 Å². The van der Waals surface area contributed by atoms with Gasteiger partial charge in [0.1, 0.15) is 11.2 Å². The molecule has 0 aliphatic rings. The zero-order valence-corrected chi connectivity index (χ0v) is 29.0. The van der Waals surface area contributed by atoms with Crippen LogP contribution in [0.2, 0.25) is 0 Å². The third-order valence-electron chi connectivity index (χ3n) is 10.7. The number of hydrogen-bond donors (Lipinski definition) is 0. The maximum absolute atomic E-state index is 6.65. The fraction of sp³-hybridized carbons (Fsp3) is 0. The molecule has 0 spiro atoms. The van der Waals surface area contributed by atoms with Gasteiger partial charge in [-0.3, -0.25) is 0 Å². The summed E-state index contributed by atoms with van der Waals surface area (Å²) in [5, 5.41) is 9.88. The Labute approximate surface area is 304 Å². The molecule has 242 valence electrons. The lowest BCUT2D eigenvalue weighted by Crippen LogP contribution is -1.92. The Morgan fingerprint density at radius 1 is 0.327 bits per heavy atom. The van der Waals surface area contributed by atoms with E-state index in [4.69, 9.17) is 4.42 Å². The number of benzene rings is 9. The van der Waals surface area contributed by atoms with E-state index in [1.54, 1.807) is 0 Å². The first-order valence-corrected chi connectivity index (χ1v) is 18.6. The first-order chi connectivity index (χ1) is 25.8. The van der Waals surface area contributed by atoms with Gasteiger partial charge in [0.2, 0.25) is 0 Å². The summed E-state index contributed by atoms with van der Waals surface area (Å²) >= 11 is 1.86. The van der Waals surface area contributed by atoms with Gasteiger partial charge in [-0.2, -0.15) is 0 Å². The molecule has 9 aromatic carbocycles. The van der Waals surface area contributed by atoms with Gasteiger partial charge in [-0.15, -0.1) is 11.3 Å². The molecular formula is C50H30OS. The molecule has 0 aliphatic heterocycles. The van der Waals surface area contributed by atoms with E-state index in [0.29, 0.717) is 0 Å². The van der Waals surface area contributed by atoms with Gasteiger partial charge in [-0.1, -0.05) is 158 Å². The fourth-order valence-corrected chi connectivity index (χ4v) is 9.60. The van der Waals surface area contributed by atoms with Crippen molar-refractivity contribution >= 4 is 75.0 Å². The van der Waals surface area contributed by atoms with Crippen LogP contribution in [0.4, 0.5) is 0 Å². The Balaban J connectivity index is 1.23. The molecule has 0 radical (unpaired) electrons. The van der Waals surface area contributed by atoms with Gasteiger partial charge in [0.05, 0.1) is 0 Å². The molecular weight excluding hydrogens is 649 g/mol. The molecule has 0 unspecified atom stereocenters. The summed E-state index contributed by atoms with van der Waals surface area (Å²) in [5.41, 5.74) is 11.5. The standard InChI is InChI=1S/C50H30OS/c1-2-14-31(15-3-1)46-35-19-4-6-21-37(35)47(38-22-7-5-20-36(38)46)32-16-12-17-33(30-32)48-39(28-29-45-49(48)42-23-9-11-27-44(42)52-45)41-25-13-24-40-34-18-8-10-26-43(34)51-50(40)41/h1-30H. The minimum atomic E-state index is 0.910. The van der Waals surface area contributed by atoms with Crippen molar-refractivity contribution in [1.82, 2.24) is 0 Å².